The molecule has 2 aromatic carbocycles. The highest BCUT2D eigenvalue weighted by molar-refractivity contribution is 7.99. The fourth-order valence-corrected chi connectivity index (χ4v) is 2.51. The summed E-state index contributed by atoms with van der Waals surface area (Å²) in [5.41, 5.74) is 4.36. The molecule has 0 aliphatic heterocycles. The van der Waals surface area contributed by atoms with Gasteiger partial charge in [0.2, 0.25) is 5.91 Å². The van der Waals surface area contributed by atoms with Gasteiger partial charge in [-0.1, -0.05) is 42.5 Å². The van der Waals surface area contributed by atoms with Crippen molar-refractivity contribution in [3.63, 3.8) is 0 Å². The maximum absolute atomic E-state index is 11.6. The maximum Gasteiger partial charge on any atom is 0.269 e. The van der Waals surface area contributed by atoms with Crippen molar-refractivity contribution in [2.24, 2.45) is 5.10 Å². The van der Waals surface area contributed by atoms with Crippen LogP contribution in [-0.4, -0.2) is 22.8 Å². The van der Waals surface area contributed by atoms with E-state index in [9.17, 15) is 14.9 Å². The highest BCUT2D eigenvalue weighted by Crippen LogP contribution is 2.16. The molecule has 0 aliphatic carbocycles. The fourth-order valence-electron chi connectivity index (χ4n) is 1.73. The first-order chi connectivity index (χ1) is 11.1. The summed E-state index contributed by atoms with van der Waals surface area (Å²) in [7, 11) is 0. The van der Waals surface area contributed by atoms with E-state index in [0.717, 1.165) is 11.1 Å². The molecule has 0 aliphatic rings. The molecule has 2 rings (SSSR count). The van der Waals surface area contributed by atoms with E-state index in [0.29, 0.717) is 5.75 Å². The van der Waals surface area contributed by atoms with Crippen LogP contribution in [0.1, 0.15) is 11.1 Å². The minimum atomic E-state index is -0.435. The van der Waals surface area contributed by atoms with Crippen molar-refractivity contribution in [1.29, 1.82) is 0 Å². The van der Waals surface area contributed by atoms with Crippen molar-refractivity contribution < 1.29 is 9.72 Å². The second-order valence-corrected chi connectivity index (χ2v) is 5.61. The van der Waals surface area contributed by atoms with Crippen molar-refractivity contribution in [2.75, 3.05) is 5.75 Å². The van der Waals surface area contributed by atoms with Gasteiger partial charge in [0, 0.05) is 17.9 Å². The van der Waals surface area contributed by atoms with Crippen LogP contribution in [0.2, 0.25) is 0 Å². The number of rotatable bonds is 7. The summed E-state index contributed by atoms with van der Waals surface area (Å²) in [6, 6.07) is 15.8. The van der Waals surface area contributed by atoms with Crippen LogP contribution < -0.4 is 5.43 Å². The van der Waals surface area contributed by atoms with Crippen LogP contribution in [0, 0.1) is 10.1 Å². The molecule has 0 unspecified atom stereocenters. The molecular weight excluding hydrogens is 314 g/mol. The molecule has 0 aromatic heterocycles. The van der Waals surface area contributed by atoms with Gasteiger partial charge in [0.1, 0.15) is 0 Å². The smallest absolute Gasteiger partial charge is 0.269 e. The third kappa shape index (κ3) is 5.91. The molecule has 0 heterocycles. The molecule has 0 spiro atoms. The van der Waals surface area contributed by atoms with Gasteiger partial charge in [0.05, 0.1) is 16.9 Å². The summed E-state index contributed by atoms with van der Waals surface area (Å²) in [4.78, 5) is 21.7. The summed E-state index contributed by atoms with van der Waals surface area (Å²) < 4.78 is 0. The fraction of sp³-hybridized carbons (Fsp3) is 0.125. The van der Waals surface area contributed by atoms with E-state index in [1.807, 2.05) is 30.3 Å². The van der Waals surface area contributed by atoms with Crippen LogP contribution in [0.5, 0.6) is 0 Å². The Morgan fingerprint density at radius 3 is 2.52 bits per heavy atom. The van der Waals surface area contributed by atoms with Crippen molar-refractivity contribution in [3.05, 3.63) is 75.8 Å². The Kier molecular flexibility index (Phi) is 6.31. The van der Waals surface area contributed by atoms with E-state index >= 15 is 0 Å². The van der Waals surface area contributed by atoms with E-state index in [-0.39, 0.29) is 17.3 Å². The average molecular weight is 329 g/mol. The molecule has 0 radical (unpaired) electrons. The highest BCUT2D eigenvalue weighted by atomic mass is 32.2. The number of nitrogens with one attached hydrogen (secondary N) is 1. The van der Waals surface area contributed by atoms with E-state index < -0.39 is 4.92 Å². The molecule has 1 amide bonds. The van der Waals surface area contributed by atoms with Crippen LogP contribution >= 0.6 is 11.8 Å². The van der Waals surface area contributed by atoms with Crippen LogP contribution in [0.4, 0.5) is 5.69 Å². The SMILES string of the molecule is O=C(CSCc1ccc([N+](=O)[O-])cc1)N/N=C/c1ccccc1. The number of nitro benzene ring substituents is 1. The second kappa shape index (κ2) is 8.70. The van der Waals surface area contributed by atoms with Gasteiger partial charge < -0.3 is 0 Å². The summed E-state index contributed by atoms with van der Waals surface area (Å²) in [5, 5.41) is 14.4. The minimum absolute atomic E-state index is 0.0618. The average Bonchev–Trinajstić information content (AvgIpc) is 2.56. The summed E-state index contributed by atoms with van der Waals surface area (Å²) in [5.74, 6) is 0.681. The molecule has 0 atom stereocenters. The van der Waals surface area contributed by atoms with Crippen molar-refractivity contribution >= 4 is 29.6 Å². The quantitative estimate of drug-likeness (QED) is 0.481. The van der Waals surface area contributed by atoms with E-state index in [2.05, 4.69) is 10.5 Å². The third-order valence-corrected chi connectivity index (χ3v) is 3.86. The van der Waals surface area contributed by atoms with Gasteiger partial charge in [0.25, 0.3) is 5.69 Å². The minimum Gasteiger partial charge on any atom is -0.272 e. The lowest BCUT2D eigenvalue weighted by atomic mass is 10.2. The molecule has 6 nitrogen and oxygen atoms in total. The molecule has 0 fully saturated rings. The zero-order valence-electron chi connectivity index (χ0n) is 12.2. The zero-order chi connectivity index (χ0) is 16.5. The van der Waals surface area contributed by atoms with Gasteiger partial charge in [-0.2, -0.15) is 5.10 Å². The number of benzene rings is 2. The molecular formula is C16H15N3O3S. The number of hydrogen-bond acceptors (Lipinski definition) is 5. The van der Waals surface area contributed by atoms with Crippen molar-refractivity contribution in [1.82, 2.24) is 5.43 Å². The standard InChI is InChI=1S/C16H15N3O3S/c20-16(18-17-10-13-4-2-1-3-5-13)12-23-11-14-6-8-15(9-7-14)19(21)22/h1-10H,11-12H2,(H,18,20)/b17-10+. The van der Waals surface area contributed by atoms with E-state index in [4.69, 9.17) is 0 Å². The normalized spacial score (nSPS) is 10.6. The number of hydrogen-bond donors (Lipinski definition) is 1. The van der Waals surface area contributed by atoms with Gasteiger partial charge >= 0.3 is 0 Å². The van der Waals surface area contributed by atoms with Crippen molar-refractivity contribution in [2.45, 2.75) is 5.75 Å². The highest BCUT2D eigenvalue weighted by Gasteiger charge is 2.05. The molecule has 0 saturated carbocycles. The van der Waals surface area contributed by atoms with Gasteiger partial charge in [-0.3, -0.25) is 14.9 Å². The predicted octanol–water partition coefficient (Wildman–Crippen LogP) is 2.98. The Morgan fingerprint density at radius 2 is 1.87 bits per heavy atom. The predicted molar refractivity (Wildman–Crippen MR) is 91.4 cm³/mol. The van der Waals surface area contributed by atoms with Gasteiger partial charge in [-0.15, -0.1) is 11.8 Å². The van der Waals surface area contributed by atoms with Crippen LogP contribution in [0.3, 0.4) is 0 Å². The number of thioether (sulfide) groups is 1. The lowest BCUT2D eigenvalue weighted by Crippen LogP contribution is -2.19. The zero-order valence-corrected chi connectivity index (χ0v) is 13.0. The Hall–Kier alpha value is -2.67. The van der Waals surface area contributed by atoms with Gasteiger partial charge in [-0.05, 0) is 11.1 Å². The molecule has 0 bridgehead atoms. The lowest BCUT2D eigenvalue weighted by molar-refractivity contribution is -0.384. The Bertz CT molecular complexity index is 687. The molecule has 0 saturated heterocycles. The molecule has 2 aromatic rings. The van der Waals surface area contributed by atoms with Crippen LogP contribution in [0.25, 0.3) is 0 Å². The van der Waals surface area contributed by atoms with Crippen LogP contribution in [0.15, 0.2) is 59.7 Å². The number of amides is 1. The first-order valence-corrected chi connectivity index (χ1v) is 7.98. The van der Waals surface area contributed by atoms with Gasteiger partial charge in [-0.25, -0.2) is 5.43 Å². The molecule has 7 heteroatoms. The monoisotopic (exact) mass is 329 g/mol. The number of hydrazone groups is 1. The third-order valence-electron chi connectivity index (χ3n) is 2.85. The summed E-state index contributed by atoms with van der Waals surface area (Å²) in [6.45, 7) is 0. The second-order valence-electron chi connectivity index (χ2n) is 4.62. The lowest BCUT2D eigenvalue weighted by Gasteiger charge is -2.01. The number of nitrogens with zero attached hydrogens (tertiary/aromatic N) is 2. The number of carbonyl (C=O) groups excluding carboxylic acids is 1. The topological polar surface area (TPSA) is 84.6 Å². The first kappa shape index (κ1) is 16.7. The van der Waals surface area contributed by atoms with Crippen molar-refractivity contribution in [3.8, 4) is 0 Å². The maximum atomic E-state index is 11.6. The number of nitro groups is 1. The molecule has 23 heavy (non-hydrogen) atoms. The number of non-ortho nitro benzene ring substituents is 1. The van der Waals surface area contributed by atoms with E-state index in [1.165, 1.54) is 23.9 Å². The summed E-state index contributed by atoms with van der Waals surface area (Å²) in [6.07, 6.45) is 1.58. The Balaban J connectivity index is 1.70. The van der Waals surface area contributed by atoms with E-state index in [1.54, 1.807) is 18.3 Å². The molecule has 1 N–H and O–H groups in total. The van der Waals surface area contributed by atoms with Crippen LogP contribution in [-0.2, 0) is 10.5 Å². The number of carbonyl (C=O) groups is 1. The first-order valence-electron chi connectivity index (χ1n) is 6.83. The summed E-state index contributed by atoms with van der Waals surface area (Å²) >= 11 is 1.42. The largest absolute Gasteiger partial charge is 0.272 e. The Morgan fingerprint density at radius 1 is 1.17 bits per heavy atom. The molecule has 118 valence electrons. The van der Waals surface area contributed by atoms with Gasteiger partial charge in [0.15, 0.2) is 0 Å². The Labute approximate surface area is 137 Å².